The van der Waals surface area contributed by atoms with Gasteiger partial charge >= 0.3 is 0 Å². The Kier molecular flexibility index (Phi) is 3.55. The summed E-state index contributed by atoms with van der Waals surface area (Å²) in [6.45, 7) is 3.59. The van der Waals surface area contributed by atoms with Crippen molar-refractivity contribution in [2.24, 2.45) is 0 Å². The first-order chi connectivity index (χ1) is 8.70. The summed E-state index contributed by atoms with van der Waals surface area (Å²) in [5.74, 6) is -0.225. The average molecular weight is 301 g/mol. The van der Waals surface area contributed by atoms with Crippen LogP contribution < -0.4 is 4.72 Å². The normalized spacial score (nSPS) is 21.7. The lowest BCUT2D eigenvalue weighted by Gasteiger charge is -2.13. The number of aryl methyl sites for hydroxylation is 2. The average Bonchev–Trinajstić information content (AvgIpc) is 2.56. The van der Waals surface area contributed by atoms with E-state index in [0.717, 1.165) is 11.0 Å². The standard InChI is InChI=1S/C12H15NO4S2/c1-9-3-4-12(10(2)7-9)19(16,17)13-11-5-6-18(14,15)8-11/h3-7,11,13H,8H2,1-2H3/t11-/m0/s1. The van der Waals surface area contributed by atoms with Gasteiger partial charge in [-0.1, -0.05) is 23.8 Å². The molecule has 0 aromatic heterocycles. The lowest BCUT2D eigenvalue weighted by atomic mass is 10.2. The molecule has 19 heavy (non-hydrogen) atoms. The number of benzene rings is 1. The highest BCUT2D eigenvalue weighted by Crippen LogP contribution is 2.18. The van der Waals surface area contributed by atoms with Crippen LogP contribution in [0.4, 0.5) is 0 Å². The van der Waals surface area contributed by atoms with Gasteiger partial charge in [-0.05, 0) is 25.5 Å². The fraction of sp³-hybridized carbons (Fsp3) is 0.333. The van der Waals surface area contributed by atoms with Gasteiger partial charge in [-0.3, -0.25) is 0 Å². The molecule has 5 nitrogen and oxygen atoms in total. The number of hydrogen-bond acceptors (Lipinski definition) is 4. The molecule has 0 unspecified atom stereocenters. The molecule has 1 aromatic rings. The van der Waals surface area contributed by atoms with Crippen molar-refractivity contribution >= 4 is 19.9 Å². The van der Waals surface area contributed by atoms with E-state index in [1.54, 1.807) is 19.1 Å². The zero-order chi connectivity index (χ0) is 14.3. The van der Waals surface area contributed by atoms with Crippen molar-refractivity contribution in [1.29, 1.82) is 0 Å². The Morgan fingerprint density at radius 3 is 2.47 bits per heavy atom. The number of rotatable bonds is 3. The molecule has 1 aliphatic heterocycles. The maximum atomic E-state index is 12.2. The van der Waals surface area contributed by atoms with E-state index in [-0.39, 0.29) is 10.6 Å². The monoisotopic (exact) mass is 301 g/mol. The van der Waals surface area contributed by atoms with Crippen molar-refractivity contribution in [1.82, 2.24) is 4.72 Å². The smallest absolute Gasteiger partial charge is 0.224 e. The maximum absolute atomic E-state index is 12.2. The van der Waals surface area contributed by atoms with Crippen molar-refractivity contribution in [3.05, 3.63) is 40.8 Å². The van der Waals surface area contributed by atoms with Gasteiger partial charge < -0.3 is 0 Å². The number of nitrogens with one attached hydrogen (secondary N) is 1. The lowest BCUT2D eigenvalue weighted by Crippen LogP contribution is -2.35. The van der Waals surface area contributed by atoms with Crippen LogP contribution in [0.2, 0.25) is 0 Å². The highest BCUT2D eigenvalue weighted by Gasteiger charge is 2.27. The molecular formula is C12H15NO4S2. The summed E-state index contributed by atoms with van der Waals surface area (Å²) in [6.07, 6.45) is 1.36. The fourth-order valence-corrected chi connectivity index (χ4v) is 4.77. The molecule has 0 saturated carbocycles. The molecule has 0 radical (unpaired) electrons. The predicted molar refractivity (Wildman–Crippen MR) is 73.0 cm³/mol. The third-order valence-electron chi connectivity index (χ3n) is 2.86. The number of hydrogen-bond donors (Lipinski definition) is 1. The minimum absolute atomic E-state index is 0.177. The van der Waals surface area contributed by atoms with Gasteiger partial charge in [-0.25, -0.2) is 21.6 Å². The molecule has 7 heteroatoms. The van der Waals surface area contributed by atoms with Gasteiger partial charge in [0.2, 0.25) is 10.0 Å². The second-order valence-corrected chi connectivity index (χ2v) is 8.27. The van der Waals surface area contributed by atoms with Gasteiger partial charge in [0.1, 0.15) is 0 Å². The van der Waals surface area contributed by atoms with Crippen LogP contribution in [0.1, 0.15) is 11.1 Å². The minimum atomic E-state index is -3.71. The third-order valence-corrected chi connectivity index (χ3v) is 5.90. The Morgan fingerprint density at radius 2 is 1.95 bits per heavy atom. The summed E-state index contributed by atoms with van der Waals surface area (Å²) in [4.78, 5) is 0.177. The summed E-state index contributed by atoms with van der Waals surface area (Å²) in [5.41, 5.74) is 1.61. The Hall–Kier alpha value is -1.18. The van der Waals surface area contributed by atoms with Gasteiger partial charge in [-0.2, -0.15) is 0 Å². The van der Waals surface area contributed by atoms with Crippen LogP contribution in [-0.4, -0.2) is 28.6 Å². The molecule has 2 rings (SSSR count). The molecule has 1 aliphatic rings. The summed E-state index contributed by atoms with van der Waals surface area (Å²) >= 11 is 0. The minimum Gasteiger partial charge on any atom is -0.224 e. The van der Waals surface area contributed by atoms with E-state index in [4.69, 9.17) is 0 Å². The number of sulfonamides is 1. The second kappa shape index (κ2) is 4.73. The van der Waals surface area contributed by atoms with Crippen molar-refractivity contribution < 1.29 is 16.8 Å². The molecule has 1 heterocycles. The van der Waals surface area contributed by atoms with Crippen molar-refractivity contribution in [3.63, 3.8) is 0 Å². The Balaban J connectivity index is 2.27. The van der Waals surface area contributed by atoms with Crippen LogP contribution in [0.5, 0.6) is 0 Å². The first kappa shape index (κ1) is 14.2. The van der Waals surface area contributed by atoms with E-state index in [0.29, 0.717) is 5.56 Å². The molecule has 0 aliphatic carbocycles. The van der Waals surface area contributed by atoms with E-state index in [2.05, 4.69) is 4.72 Å². The molecule has 0 bridgehead atoms. The van der Waals surface area contributed by atoms with Crippen LogP contribution in [0, 0.1) is 13.8 Å². The zero-order valence-corrected chi connectivity index (χ0v) is 12.3. The molecule has 104 valence electrons. The molecule has 0 amide bonds. The van der Waals surface area contributed by atoms with Gasteiger partial charge in [0, 0.05) is 5.41 Å². The zero-order valence-electron chi connectivity index (χ0n) is 10.6. The van der Waals surface area contributed by atoms with E-state index < -0.39 is 25.9 Å². The fourth-order valence-electron chi connectivity index (χ4n) is 2.01. The first-order valence-electron chi connectivity index (χ1n) is 5.70. The van der Waals surface area contributed by atoms with Gasteiger partial charge in [0.25, 0.3) is 0 Å². The molecule has 0 saturated heterocycles. The molecular weight excluding hydrogens is 286 g/mol. The molecule has 1 N–H and O–H groups in total. The van der Waals surface area contributed by atoms with Crippen LogP contribution in [0.3, 0.4) is 0 Å². The van der Waals surface area contributed by atoms with Gasteiger partial charge in [0.15, 0.2) is 9.84 Å². The molecule has 1 aromatic carbocycles. The summed E-state index contributed by atoms with van der Waals surface area (Å²) in [7, 11) is -6.98. The van der Waals surface area contributed by atoms with Crippen molar-refractivity contribution in [2.45, 2.75) is 24.8 Å². The van der Waals surface area contributed by atoms with Crippen LogP contribution >= 0.6 is 0 Å². The van der Waals surface area contributed by atoms with Crippen LogP contribution in [0.25, 0.3) is 0 Å². The van der Waals surface area contributed by atoms with Crippen LogP contribution in [0.15, 0.2) is 34.6 Å². The Labute approximate surface area is 113 Å². The van der Waals surface area contributed by atoms with Crippen LogP contribution in [-0.2, 0) is 19.9 Å². The van der Waals surface area contributed by atoms with Gasteiger partial charge in [0.05, 0.1) is 16.7 Å². The third kappa shape index (κ3) is 3.23. The largest absolute Gasteiger partial charge is 0.241 e. The van der Waals surface area contributed by atoms with E-state index in [1.165, 1.54) is 12.1 Å². The molecule has 0 fully saturated rings. The van der Waals surface area contributed by atoms with Crippen molar-refractivity contribution in [2.75, 3.05) is 5.75 Å². The highest BCUT2D eigenvalue weighted by atomic mass is 32.2. The molecule has 0 spiro atoms. The van der Waals surface area contributed by atoms with E-state index in [9.17, 15) is 16.8 Å². The van der Waals surface area contributed by atoms with Gasteiger partial charge in [-0.15, -0.1) is 0 Å². The summed E-state index contributed by atoms with van der Waals surface area (Å²) < 4.78 is 49.3. The Morgan fingerprint density at radius 1 is 1.26 bits per heavy atom. The SMILES string of the molecule is Cc1ccc(S(=O)(=O)N[C@H]2C=CS(=O)(=O)C2)c(C)c1. The van der Waals surface area contributed by atoms with Crippen molar-refractivity contribution in [3.8, 4) is 0 Å². The Bertz CT molecular complexity index is 733. The predicted octanol–water partition coefficient (Wildman–Crippen LogP) is 0.892. The lowest BCUT2D eigenvalue weighted by molar-refractivity contribution is 0.574. The summed E-state index contributed by atoms with van der Waals surface area (Å²) in [6, 6.07) is 4.31. The topological polar surface area (TPSA) is 80.3 Å². The molecule has 1 atom stereocenters. The second-order valence-electron chi connectivity index (χ2n) is 4.65. The van der Waals surface area contributed by atoms with E-state index in [1.807, 2.05) is 6.92 Å². The highest BCUT2D eigenvalue weighted by molar-refractivity contribution is 7.94. The first-order valence-corrected chi connectivity index (χ1v) is 8.90. The summed E-state index contributed by atoms with van der Waals surface area (Å²) in [5, 5.41) is 1.04. The quantitative estimate of drug-likeness (QED) is 0.899. The maximum Gasteiger partial charge on any atom is 0.241 e. The number of sulfone groups is 1. The van der Waals surface area contributed by atoms with E-state index >= 15 is 0 Å².